The molecule has 0 radical (unpaired) electrons. The third-order valence-corrected chi connectivity index (χ3v) is 6.65. The minimum absolute atomic E-state index is 0.140. The molecule has 1 aliphatic carbocycles. The summed E-state index contributed by atoms with van der Waals surface area (Å²) in [6, 6.07) is 16.1. The molecule has 0 unspecified atom stereocenters. The Bertz CT molecular complexity index is 848. The van der Waals surface area contributed by atoms with Crippen LogP contribution in [0.4, 0.5) is 0 Å². The van der Waals surface area contributed by atoms with Crippen LogP contribution in [-0.2, 0) is 4.79 Å². The van der Waals surface area contributed by atoms with E-state index < -0.39 is 0 Å². The highest BCUT2D eigenvalue weighted by atomic mass is 79.9. The van der Waals surface area contributed by atoms with Crippen molar-refractivity contribution < 1.29 is 4.79 Å². The Balaban J connectivity index is 2.05. The molecule has 3 rings (SSSR count). The Morgan fingerprint density at radius 2 is 1.22 bits per heavy atom. The second-order valence-corrected chi connectivity index (χ2v) is 9.89. The van der Waals surface area contributed by atoms with Crippen molar-refractivity contribution >= 4 is 49.8 Å². The first-order valence-corrected chi connectivity index (χ1v) is 10.8. The second-order valence-electron chi connectivity index (χ2n) is 8.18. The summed E-state index contributed by atoms with van der Waals surface area (Å²) >= 11 is 7.20. The Hall–Kier alpha value is -1.45. The van der Waals surface area contributed by atoms with Gasteiger partial charge in [0.25, 0.3) is 0 Å². The SMILES string of the molecule is CC(C)(C)C1CC(=Cc2ccccc2Br)C(=O)C(=Cc2ccccc2Br)C1. The number of halogens is 2. The molecule has 2 aromatic carbocycles. The summed E-state index contributed by atoms with van der Waals surface area (Å²) in [6.45, 7) is 6.79. The fourth-order valence-corrected chi connectivity index (χ4v) is 4.21. The van der Waals surface area contributed by atoms with Gasteiger partial charge in [0.1, 0.15) is 0 Å². The highest BCUT2D eigenvalue weighted by molar-refractivity contribution is 9.10. The first kappa shape index (κ1) is 20.3. The lowest BCUT2D eigenvalue weighted by Gasteiger charge is -2.35. The summed E-state index contributed by atoms with van der Waals surface area (Å²) in [6.07, 6.45) is 5.74. The number of carbonyl (C=O) groups is 1. The first-order chi connectivity index (χ1) is 12.8. The van der Waals surface area contributed by atoms with Gasteiger partial charge in [0.05, 0.1) is 0 Å². The summed E-state index contributed by atoms with van der Waals surface area (Å²) in [5, 5.41) is 0. The highest BCUT2D eigenvalue weighted by Crippen LogP contribution is 2.42. The van der Waals surface area contributed by atoms with Crippen LogP contribution in [0.25, 0.3) is 12.2 Å². The summed E-state index contributed by atoms with van der Waals surface area (Å²) in [5.74, 6) is 0.597. The average Bonchev–Trinajstić information content (AvgIpc) is 2.61. The van der Waals surface area contributed by atoms with Gasteiger partial charge in [-0.25, -0.2) is 0 Å². The number of hydrogen-bond acceptors (Lipinski definition) is 1. The normalized spacial score (nSPS) is 21.1. The molecule has 27 heavy (non-hydrogen) atoms. The topological polar surface area (TPSA) is 17.1 Å². The standard InChI is InChI=1S/C24H24Br2O/c1-24(2,3)20-14-18(12-16-8-4-6-10-21(16)25)23(27)19(15-20)13-17-9-5-7-11-22(17)26/h4-13,20H,14-15H2,1-3H3. The molecule has 3 heteroatoms. The fraction of sp³-hybridized carbons (Fsp3) is 0.292. The van der Waals surface area contributed by atoms with Gasteiger partial charge in [0, 0.05) is 20.1 Å². The number of ketones is 1. The minimum atomic E-state index is 0.140. The number of carbonyl (C=O) groups excluding carboxylic acids is 1. The Morgan fingerprint density at radius 3 is 1.59 bits per heavy atom. The third-order valence-electron chi connectivity index (χ3n) is 5.21. The van der Waals surface area contributed by atoms with E-state index in [1.165, 1.54) is 0 Å². The van der Waals surface area contributed by atoms with E-state index in [-0.39, 0.29) is 11.2 Å². The Morgan fingerprint density at radius 1 is 0.815 bits per heavy atom. The van der Waals surface area contributed by atoms with Crippen molar-refractivity contribution in [1.82, 2.24) is 0 Å². The average molecular weight is 488 g/mol. The van der Waals surface area contributed by atoms with E-state index in [1.54, 1.807) is 0 Å². The van der Waals surface area contributed by atoms with Gasteiger partial charge in [-0.2, -0.15) is 0 Å². The van der Waals surface area contributed by atoms with Crippen molar-refractivity contribution in [1.29, 1.82) is 0 Å². The molecule has 0 aromatic heterocycles. The molecular formula is C24H24Br2O. The van der Waals surface area contributed by atoms with Crippen molar-refractivity contribution in [2.24, 2.45) is 11.3 Å². The molecule has 1 nitrogen and oxygen atoms in total. The zero-order valence-electron chi connectivity index (χ0n) is 15.9. The maximum Gasteiger partial charge on any atom is 0.185 e. The van der Waals surface area contributed by atoms with Crippen molar-refractivity contribution in [3.05, 3.63) is 79.7 Å². The lowest BCUT2D eigenvalue weighted by Crippen LogP contribution is -2.29. The molecule has 0 heterocycles. The molecule has 1 aliphatic rings. The molecule has 0 amide bonds. The quantitative estimate of drug-likeness (QED) is 0.396. The maximum atomic E-state index is 13.3. The molecule has 0 bridgehead atoms. The third kappa shape index (κ3) is 4.89. The largest absolute Gasteiger partial charge is 0.289 e. The van der Waals surface area contributed by atoms with Crippen LogP contribution in [0.5, 0.6) is 0 Å². The van der Waals surface area contributed by atoms with Crippen LogP contribution in [0.3, 0.4) is 0 Å². The number of hydrogen-bond donors (Lipinski definition) is 0. The summed E-state index contributed by atoms with van der Waals surface area (Å²) in [5.41, 5.74) is 4.03. The molecular weight excluding hydrogens is 464 g/mol. The van der Waals surface area contributed by atoms with Gasteiger partial charge in [0.15, 0.2) is 5.78 Å². The van der Waals surface area contributed by atoms with E-state index in [4.69, 9.17) is 0 Å². The molecule has 1 fully saturated rings. The lowest BCUT2D eigenvalue weighted by atomic mass is 9.68. The van der Waals surface area contributed by atoms with Crippen LogP contribution < -0.4 is 0 Å². The molecule has 0 N–H and O–H groups in total. The van der Waals surface area contributed by atoms with Crippen LogP contribution in [0.2, 0.25) is 0 Å². The fourth-order valence-electron chi connectivity index (χ4n) is 3.42. The van der Waals surface area contributed by atoms with Crippen molar-refractivity contribution in [3.63, 3.8) is 0 Å². The number of Topliss-reactive ketones (excluding diaryl/α,β-unsaturated/α-hetero) is 1. The van der Waals surface area contributed by atoms with E-state index in [9.17, 15) is 4.79 Å². The van der Waals surface area contributed by atoms with Crippen molar-refractivity contribution in [2.75, 3.05) is 0 Å². The molecule has 2 aromatic rings. The van der Waals surface area contributed by atoms with Crippen LogP contribution in [0, 0.1) is 11.3 Å². The van der Waals surface area contributed by atoms with Crippen molar-refractivity contribution in [2.45, 2.75) is 33.6 Å². The molecule has 1 saturated carbocycles. The second kappa shape index (κ2) is 8.28. The van der Waals surface area contributed by atoms with Crippen LogP contribution in [-0.4, -0.2) is 5.78 Å². The molecule has 0 saturated heterocycles. The van der Waals surface area contributed by atoms with E-state index in [0.717, 1.165) is 44.1 Å². The number of benzene rings is 2. The summed E-state index contributed by atoms with van der Waals surface area (Å²) in [4.78, 5) is 13.3. The smallest absolute Gasteiger partial charge is 0.185 e. The van der Waals surface area contributed by atoms with Gasteiger partial charge < -0.3 is 0 Å². The first-order valence-electron chi connectivity index (χ1n) is 9.20. The zero-order chi connectivity index (χ0) is 19.6. The van der Waals surface area contributed by atoms with Gasteiger partial charge in [-0.05, 0) is 59.6 Å². The van der Waals surface area contributed by atoms with Gasteiger partial charge in [0.2, 0.25) is 0 Å². The maximum absolute atomic E-state index is 13.3. The van der Waals surface area contributed by atoms with Crippen LogP contribution in [0.15, 0.2) is 68.6 Å². The van der Waals surface area contributed by atoms with Crippen molar-refractivity contribution in [3.8, 4) is 0 Å². The summed E-state index contributed by atoms with van der Waals surface area (Å²) in [7, 11) is 0. The van der Waals surface area contributed by atoms with Crippen LogP contribution >= 0.6 is 31.9 Å². The Labute approximate surface area is 178 Å². The predicted octanol–water partition coefficient (Wildman–Crippen LogP) is 7.70. The van der Waals surface area contributed by atoms with Gasteiger partial charge in [-0.15, -0.1) is 0 Å². The van der Waals surface area contributed by atoms with E-state index in [2.05, 4.69) is 64.8 Å². The zero-order valence-corrected chi connectivity index (χ0v) is 19.1. The van der Waals surface area contributed by atoms with Gasteiger partial charge in [-0.1, -0.05) is 89.0 Å². The van der Waals surface area contributed by atoms with Gasteiger partial charge in [-0.3, -0.25) is 4.79 Å². The predicted molar refractivity (Wildman–Crippen MR) is 121 cm³/mol. The monoisotopic (exact) mass is 486 g/mol. The number of rotatable bonds is 2. The van der Waals surface area contributed by atoms with E-state index in [1.807, 2.05) is 48.5 Å². The van der Waals surface area contributed by atoms with Crippen LogP contribution in [0.1, 0.15) is 44.7 Å². The Kier molecular flexibility index (Phi) is 6.22. The van der Waals surface area contributed by atoms with Gasteiger partial charge >= 0.3 is 0 Å². The minimum Gasteiger partial charge on any atom is -0.289 e. The van der Waals surface area contributed by atoms with E-state index >= 15 is 0 Å². The lowest BCUT2D eigenvalue weighted by molar-refractivity contribution is -0.113. The molecule has 140 valence electrons. The molecule has 0 spiro atoms. The number of allylic oxidation sites excluding steroid dienone is 2. The van der Waals surface area contributed by atoms with E-state index in [0.29, 0.717) is 5.92 Å². The summed E-state index contributed by atoms with van der Waals surface area (Å²) < 4.78 is 2.03. The molecule has 0 atom stereocenters. The highest BCUT2D eigenvalue weighted by Gasteiger charge is 2.34. The molecule has 0 aliphatic heterocycles.